The van der Waals surface area contributed by atoms with Gasteiger partial charge in [-0.25, -0.2) is 0 Å². The number of nitrogens with one attached hydrogen (secondary N) is 2. The van der Waals surface area contributed by atoms with E-state index in [9.17, 15) is 9.59 Å². The molecular formula is C19H33N3O2. The van der Waals surface area contributed by atoms with Crippen LogP contribution in [0.25, 0.3) is 0 Å². The van der Waals surface area contributed by atoms with Crippen molar-refractivity contribution in [2.45, 2.75) is 76.9 Å². The molecular weight excluding hydrogens is 302 g/mol. The molecule has 0 radical (unpaired) electrons. The molecule has 4 aliphatic carbocycles. The van der Waals surface area contributed by atoms with Crippen LogP contribution in [0.1, 0.15) is 59.3 Å². The lowest BCUT2D eigenvalue weighted by Gasteiger charge is -2.57. The Labute approximate surface area is 145 Å². The normalized spacial score (nSPS) is 35.3. The van der Waals surface area contributed by atoms with E-state index < -0.39 is 0 Å². The molecule has 0 aromatic rings. The molecule has 1 atom stereocenters. The van der Waals surface area contributed by atoms with Crippen LogP contribution in [0.3, 0.4) is 0 Å². The first-order chi connectivity index (χ1) is 11.3. The average Bonchev–Trinajstić information content (AvgIpc) is 2.43. The fourth-order valence-corrected chi connectivity index (χ4v) is 5.56. The monoisotopic (exact) mass is 335 g/mol. The van der Waals surface area contributed by atoms with Crippen molar-refractivity contribution < 1.29 is 9.59 Å². The summed E-state index contributed by atoms with van der Waals surface area (Å²) in [6.07, 6.45) is 7.61. The van der Waals surface area contributed by atoms with Gasteiger partial charge in [0.2, 0.25) is 11.8 Å². The van der Waals surface area contributed by atoms with Gasteiger partial charge < -0.3 is 10.6 Å². The fraction of sp³-hybridized carbons (Fsp3) is 0.895. The van der Waals surface area contributed by atoms with Gasteiger partial charge in [0.15, 0.2) is 0 Å². The van der Waals surface area contributed by atoms with E-state index in [4.69, 9.17) is 0 Å². The lowest BCUT2D eigenvalue weighted by atomic mass is 9.53. The smallest absolute Gasteiger partial charge is 0.237 e. The van der Waals surface area contributed by atoms with E-state index in [1.54, 1.807) is 0 Å². The summed E-state index contributed by atoms with van der Waals surface area (Å²) in [5, 5.41) is 6.29. The van der Waals surface area contributed by atoms with Gasteiger partial charge in [-0.2, -0.15) is 0 Å². The third kappa shape index (κ3) is 3.76. The van der Waals surface area contributed by atoms with Crippen LogP contribution in [0.4, 0.5) is 0 Å². The molecule has 0 spiro atoms. The van der Waals surface area contributed by atoms with Crippen molar-refractivity contribution in [2.75, 3.05) is 13.6 Å². The van der Waals surface area contributed by atoms with Crippen LogP contribution in [0.2, 0.25) is 0 Å². The topological polar surface area (TPSA) is 61.4 Å². The number of amides is 2. The van der Waals surface area contributed by atoms with Gasteiger partial charge in [-0.1, -0.05) is 0 Å². The minimum absolute atomic E-state index is 0.0260. The summed E-state index contributed by atoms with van der Waals surface area (Å²) in [5.74, 6) is 2.52. The van der Waals surface area contributed by atoms with Crippen molar-refractivity contribution in [1.29, 1.82) is 0 Å². The van der Waals surface area contributed by atoms with Crippen LogP contribution >= 0.6 is 0 Å². The highest BCUT2D eigenvalue weighted by Crippen LogP contribution is 2.55. The SMILES string of the molecule is CC(C)NC(=O)CN(C)[C@H](C)C(=O)NC12CC3CC(CC(C3)C1)C2. The largest absolute Gasteiger partial charge is 0.353 e. The molecule has 0 aliphatic heterocycles. The van der Waals surface area contributed by atoms with Gasteiger partial charge in [0.1, 0.15) is 0 Å². The first kappa shape index (κ1) is 17.7. The number of nitrogens with zero attached hydrogens (tertiary/aromatic N) is 1. The number of carbonyl (C=O) groups is 2. The highest BCUT2D eigenvalue weighted by Gasteiger charge is 2.51. The summed E-state index contributed by atoms with van der Waals surface area (Å²) in [6, 6.07) is -0.155. The van der Waals surface area contributed by atoms with Crippen LogP contribution < -0.4 is 10.6 Å². The molecule has 24 heavy (non-hydrogen) atoms. The molecule has 0 unspecified atom stereocenters. The first-order valence-corrected chi connectivity index (χ1v) is 9.58. The second-order valence-corrected chi connectivity index (χ2v) is 9.00. The third-order valence-corrected chi connectivity index (χ3v) is 6.31. The summed E-state index contributed by atoms with van der Waals surface area (Å²) >= 11 is 0. The van der Waals surface area contributed by atoms with E-state index in [0.29, 0.717) is 0 Å². The predicted molar refractivity (Wildman–Crippen MR) is 94.4 cm³/mol. The molecule has 0 saturated heterocycles. The van der Waals surface area contributed by atoms with Crippen molar-refractivity contribution >= 4 is 11.8 Å². The van der Waals surface area contributed by atoms with Crippen molar-refractivity contribution in [2.24, 2.45) is 17.8 Å². The number of likely N-dealkylation sites (N-methyl/N-ethyl adjacent to an activating group) is 1. The molecule has 4 fully saturated rings. The molecule has 2 N–H and O–H groups in total. The molecule has 0 aromatic heterocycles. The van der Waals surface area contributed by atoms with E-state index in [-0.39, 0.29) is 36.0 Å². The molecule has 4 aliphatic rings. The van der Waals surface area contributed by atoms with Crippen molar-refractivity contribution in [3.8, 4) is 0 Å². The molecule has 136 valence electrons. The van der Waals surface area contributed by atoms with Crippen LogP contribution in [-0.2, 0) is 9.59 Å². The highest BCUT2D eigenvalue weighted by molar-refractivity contribution is 5.84. The summed E-state index contributed by atoms with van der Waals surface area (Å²) in [4.78, 5) is 26.5. The van der Waals surface area contributed by atoms with Crippen molar-refractivity contribution in [3.05, 3.63) is 0 Å². The van der Waals surface area contributed by atoms with E-state index in [1.807, 2.05) is 32.7 Å². The molecule has 2 amide bonds. The van der Waals surface area contributed by atoms with Crippen LogP contribution in [0.5, 0.6) is 0 Å². The Morgan fingerprint density at radius 1 is 1.04 bits per heavy atom. The fourth-order valence-electron chi connectivity index (χ4n) is 5.56. The van der Waals surface area contributed by atoms with Crippen LogP contribution in [0.15, 0.2) is 0 Å². The van der Waals surface area contributed by atoms with Gasteiger partial charge in [-0.05, 0) is 84.1 Å². The Kier molecular flexibility index (Phi) is 4.92. The van der Waals surface area contributed by atoms with E-state index >= 15 is 0 Å². The number of rotatable bonds is 6. The second-order valence-electron chi connectivity index (χ2n) is 9.00. The Bertz CT molecular complexity index is 468. The molecule has 5 nitrogen and oxygen atoms in total. The zero-order valence-electron chi connectivity index (χ0n) is 15.6. The first-order valence-electron chi connectivity index (χ1n) is 9.58. The Morgan fingerprint density at radius 2 is 1.54 bits per heavy atom. The van der Waals surface area contributed by atoms with Crippen molar-refractivity contribution in [3.63, 3.8) is 0 Å². The van der Waals surface area contributed by atoms with Gasteiger partial charge in [0.05, 0.1) is 12.6 Å². The number of hydrogen-bond acceptors (Lipinski definition) is 3. The van der Waals surface area contributed by atoms with Gasteiger partial charge in [0.25, 0.3) is 0 Å². The number of carbonyl (C=O) groups excluding carboxylic acids is 2. The molecule has 0 aromatic carbocycles. The summed E-state index contributed by atoms with van der Waals surface area (Å²) in [7, 11) is 1.85. The van der Waals surface area contributed by atoms with Crippen molar-refractivity contribution in [1.82, 2.24) is 15.5 Å². The van der Waals surface area contributed by atoms with E-state index in [1.165, 1.54) is 19.3 Å². The van der Waals surface area contributed by atoms with Crippen LogP contribution in [0, 0.1) is 17.8 Å². The molecule has 0 heterocycles. The Morgan fingerprint density at radius 3 is 2.00 bits per heavy atom. The zero-order chi connectivity index (χ0) is 17.5. The van der Waals surface area contributed by atoms with Crippen LogP contribution in [-0.4, -0.2) is 47.9 Å². The number of hydrogen-bond donors (Lipinski definition) is 2. The van der Waals surface area contributed by atoms with Gasteiger partial charge in [-0.3, -0.25) is 14.5 Å². The lowest BCUT2D eigenvalue weighted by molar-refractivity contribution is -0.132. The average molecular weight is 335 g/mol. The Hall–Kier alpha value is -1.10. The summed E-state index contributed by atoms with van der Waals surface area (Å²) in [6.45, 7) is 6.05. The molecule has 4 saturated carbocycles. The maximum atomic E-state index is 12.8. The summed E-state index contributed by atoms with van der Waals surface area (Å²) < 4.78 is 0. The Balaban J connectivity index is 1.55. The third-order valence-electron chi connectivity index (χ3n) is 6.31. The predicted octanol–water partition coefficient (Wildman–Crippen LogP) is 1.92. The highest BCUT2D eigenvalue weighted by atomic mass is 16.2. The van der Waals surface area contributed by atoms with E-state index in [0.717, 1.165) is 37.0 Å². The van der Waals surface area contributed by atoms with Gasteiger partial charge in [-0.15, -0.1) is 0 Å². The van der Waals surface area contributed by atoms with Gasteiger partial charge >= 0.3 is 0 Å². The maximum absolute atomic E-state index is 12.8. The second kappa shape index (κ2) is 6.66. The van der Waals surface area contributed by atoms with E-state index in [2.05, 4.69) is 10.6 Å². The van der Waals surface area contributed by atoms with Gasteiger partial charge in [0, 0.05) is 11.6 Å². The molecule has 4 bridgehead atoms. The zero-order valence-corrected chi connectivity index (χ0v) is 15.6. The summed E-state index contributed by atoms with van der Waals surface area (Å²) in [5.41, 5.74) is 0.0428. The minimum Gasteiger partial charge on any atom is -0.353 e. The lowest BCUT2D eigenvalue weighted by Crippen LogP contribution is -2.62. The maximum Gasteiger partial charge on any atom is 0.237 e. The minimum atomic E-state index is -0.282. The molecule has 5 heteroatoms. The molecule has 4 rings (SSSR count). The quantitative estimate of drug-likeness (QED) is 0.779. The standard InChI is InChI=1S/C19H33N3O2/c1-12(2)20-17(23)11-22(4)13(3)18(24)21-19-8-14-5-15(9-19)7-16(6-14)10-19/h12-16H,5-11H2,1-4H3,(H,20,23)(H,21,24)/t13-,14?,15?,16?,19?/m1/s1.